The van der Waals surface area contributed by atoms with Crippen molar-refractivity contribution in [2.24, 2.45) is 5.92 Å². The minimum Gasteiger partial charge on any atom is -0.479 e. The Kier molecular flexibility index (Phi) is 4.33. The fourth-order valence-electron chi connectivity index (χ4n) is 4.26. The molecule has 0 saturated carbocycles. The molecule has 0 fully saturated rings. The van der Waals surface area contributed by atoms with E-state index in [-0.39, 0.29) is 18.6 Å². The minimum absolute atomic E-state index is 0.0280. The molecule has 0 radical (unpaired) electrons. The highest BCUT2D eigenvalue weighted by atomic mass is 16.5. The van der Waals surface area contributed by atoms with Crippen LogP contribution >= 0.6 is 0 Å². The van der Waals surface area contributed by atoms with Gasteiger partial charge in [0, 0.05) is 11.6 Å². The molecule has 1 aliphatic heterocycles. The number of nitrogens with one attached hydrogen (secondary N) is 1. The number of carbonyl (C=O) groups is 1. The van der Waals surface area contributed by atoms with Gasteiger partial charge in [0.25, 0.3) is 0 Å². The third-order valence-corrected chi connectivity index (χ3v) is 5.57. The molecule has 27 heavy (non-hydrogen) atoms. The molecule has 136 valence electrons. The zero-order valence-corrected chi connectivity index (χ0v) is 15.0. The highest BCUT2D eigenvalue weighted by Crippen LogP contribution is 2.51. The summed E-state index contributed by atoms with van der Waals surface area (Å²) in [4.78, 5) is 11.5. The van der Waals surface area contributed by atoms with Crippen LogP contribution in [0.2, 0.25) is 0 Å². The summed E-state index contributed by atoms with van der Waals surface area (Å²) in [6, 6.07) is 13.5. The van der Waals surface area contributed by atoms with E-state index in [2.05, 4.69) is 17.5 Å². The Morgan fingerprint density at radius 1 is 1.30 bits per heavy atom. The second kappa shape index (κ2) is 6.81. The first kappa shape index (κ1) is 17.2. The number of hydrogen-bond donors (Lipinski definition) is 2. The molecule has 2 N–H and O–H groups in total. The number of carboxylic acids is 1. The van der Waals surface area contributed by atoms with Crippen molar-refractivity contribution in [2.45, 2.75) is 25.3 Å². The summed E-state index contributed by atoms with van der Waals surface area (Å²) in [6.45, 7) is 1.89. The van der Waals surface area contributed by atoms with Crippen LogP contribution in [-0.4, -0.2) is 17.7 Å². The molecule has 2 aliphatic rings. The zero-order chi connectivity index (χ0) is 19.0. The van der Waals surface area contributed by atoms with Crippen LogP contribution in [0.3, 0.4) is 0 Å². The van der Waals surface area contributed by atoms with Gasteiger partial charge in [-0.15, -0.1) is 0 Å². The number of nitrogens with zero attached hydrogens (tertiary/aromatic N) is 1. The highest BCUT2D eigenvalue weighted by Gasteiger charge is 2.38. The van der Waals surface area contributed by atoms with Crippen LogP contribution in [0.15, 0.2) is 48.6 Å². The first-order valence-electron chi connectivity index (χ1n) is 9.00. The molecule has 5 heteroatoms. The van der Waals surface area contributed by atoms with Crippen molar-refractivity contribution in [2.75, 3.05) is 11.9 Å². The Morgan fingerprint density at radius 3 is 2.78 bits per heavy atom. The third-order valence-electron chi connectivity index (χ3n) is 5.57. The fourth-order valence-corrected chi connectivity index (χ4v) is 4.26. The first-order valence-corrected chi connectivity index (χ1v) is 9.00. The summed E-state index contributed by atoms with van der Waals surface area (Å²) >= 11 is 0. The predicted octanol–water partition coefficient (Wildman–Crippen LogP) is 4.42. The quantitative estimate of drug-likeness (QED) is 0.789. The summed E-state index contributed by atoms with van der Waals surface area (Å²) in [6.07, 6.45) is 5.43. The van der Waals surface area contributed by atoms with Gasteiger partial charge in [-0.1, -0.05) is 30.4 Å². The molecule has 1 aliphatic carbocycles. The molecule has 2 aromatic rings. The maximum atomic E-state index is 11.5. The number of fused-ring (bicyclic) bond motifs is 3. The number of benzene rings is 2. The van der Waals surface area contributed by atoms with Crippen molar-refractivity contribution in [3.05, 3.63) is 70.8 Å². The Bertz CT molecular complexity index is 957. The average Bonchev–Trinajstić information content (AvgIpc) is 3.16. The van der Waals surface area contributed by atoms with Gasteiger partial charge in [-0.3, -0.25) is 0 Å². The van der Waals surface area contributed by atoms with Gasteiger partial charge in [0.1, 0.15) is 11.8 Å². The van der Waals surface area contributed by atoms with E-state index in [1.807, 2.05) is 43.3 Å². The van der Waals surface area contributed by atoms with Crippen molar-refractivity contribution < 1.29 is 14.6 Å². The molecule has 2 aromatic carbocycles. The number of aromatic carboxylic acids is 1. The Labute approximate surface area is 157 Å². The summed E-state index contributed by atoms with van der Waals surface area (Å²) in [7, 11) is 0. The summed E-state index contributed by atoms with van der Waals surface area (Å²) in [5.74, 6) is 0.430. The van der Waals surface area contributed by atoms with E-state index < -0.39 is 5.97 Å². The molecule has 3 atom stereocenters. The molecule has 0 amide bonds. The average molecular weight is 360 g/mol. The Morgan fingerprint density at radius 2 is 2.07 bits per heavy atom. The van der Waals surface area contributed by atoms with E-state index in [4.69, 9.17) is 10.00 Å². The Hall–Kier alpha value is -3.26. The van der Waals surface area contributed by atoms with Crippen molar-refractivity contribution in [1.29, 1.82) is 5.26 Å². The lowest BCUT2D eigenvalue weighted by Gasteiger charge is -2.38. The molecule has 0 aromatic heterocycles. The molecule has 0 unspecified atom stereocenters. The monoisotopic (exact) mass is 360 g/mol. The van der Waals surface area contributed by atoms with Crippen LogP contribution in [0.25, 0.3) is 0 Å². The summed E-state index contributed by atoms with van der Waals surface area (Å²) < 4.78 is 5.34. The van der Waals surface area contributed by atoms with Crippen molar-refractivity contribution in [3.8, 4) is 11.8 Å². The molecular formula is C22H20N2O3. The van der Waals surface area contributed by atoms with Crippen molar-refractivity contribution in [1.82, 2.24) is 0 Å². The van der Waals surface area contributed by atoms with Crippen LogP contribution < -0.4 is 10.1 Å². The molecule has 4 rings (SSSR count). The van der Waals surface area contributed by atoms with E-state index in [1.54, 1.807) is 6.07 Å². The standard InChI is InChI=1S/C22H20N2O3/c1-13-16(22(25)26)9-10-19-17-3-2-4-18(17)21(24-20(13)19)14-5-7-15(8-6-14)27-12-11-23/h2-3,5-10,17-18,21,24H,4,12H2,1H3,(H,25,26)/t17-,18-,21+/m0/s1. The van der Waals surface area contributed by atoms with Crippen molar-refractivity contribution in [3.63, 3.8) is 0 Å². The van der Waals surface area contributed by atoms with E-state index in [0.717, 1.165) is 23.2 Å². The number of rotatable bonds is 4. The molecule has 1 heterocycles. The number of hydrogen-bond acceptors (Lipinski definition) is 4. The highest BCUT2D eigenvalue weighted by molar-refractivity contribution is 5.92. The topological polar surface area (TPSA) is 82.3 Å². The molecule has 0 spiro atoms. The van der Waals surface area contributed by atoms with Gasteiger partial charge in [0.15, 0.2) is 6.61 Å². The lowest BCUT2D eigenvalue weighted by molar-refractivity contribution is 0.0696. The maximum Gasteiger partial charge on any atom is 0.336 e. The lowest BCUT2D eigenvalue weighted by atomic mass is 9.76. The van der Waals surface area contributed by atoms with E-state index in [0.29, 0.717) is 17.2 Å². The van der Waals surface area contributed by atoms with Crippen LogP contribution in [0, 0.1) is 24.2 Å². The molecule has 0 bridgehead atoms. The van der Waals surface area contributed by atoms with Crippen LogP contribution in [-0.2, 0) is 0 Å². The van der Waals surface area contributed by atoms with E-state index >= 15 is 0 Å². The number of carboxylic acid groups (broad SMARTS) is 1. The van der Waals surface area contributed by atoms with Gasteiger partial charge in [-0.25, -0.2) is 4.79 Å². The van der Waals surface area contributed by atoms with Gasteiger partial charge in [0.05, 0.1) is 11.6 Å². The zero-order valence-electron chi connectivity index (χ0n) is 15.0. The third kappa shape index (κ3) is 2.93. The SMILES string of the molecule is Cc1c(C(=O)O)ccc2c1N[C@H](c1ccc(OCC#N)cc1)[C@H]1CC=C[C@H]21. The normalized spacial score (nSPS) is 22.3. The second-order valence-electron chi connectivity index (χ2n) is 7.00. The minimum atomic E-state index is -0.906. The maximum absolute atomic E-state index is 11.5. The molecular weight excluding hydrogens is 340 g/mol. The Balaban J connectivity index is 1.71. The van der Waals surface area contributed by atoms with Crippen molar-refractivity contribution >= 4 is 11.7 Å². The first-order chi connectivity index (χ1) is 13.1. The van der Waals surface area contributed by atoms with Gasteiger partial charge < -0.3 is 15.2 Å². The predicted molar refractivity (Wildman–Crippen MR) is 102 cm³/mol. The smallest absolute Gasteiger partial charge is 0.336 e. The van der Waals surface area contributed by atoms with Gasteiger partial charge in [-0.2, -0.15) is 5.26 Å². The van der Waals surface area contributed by atoms with E-state index in [1.165, 1.54) is 5.56 Å². The van der Waals surface area contributed by atoms with Crippen LogP contribution in [0.4, 0.5) is 5.69 Å². The van der Waals surface area contributed by atoms with Gasteiger partial charge in [-0.05, 0) is 54.2 Å². The van der Waals surface area contributed by atoms with Crippen LogP contribution in [0.1, 0.15) is 45.4 Å². The van der Waals surface area contributed by atoms with E-state index in [9.17, 15) is 9.90 Å². The number of anilines is 1. The fraction of sp³-hybridized carbons (Fsp3) is 0.273. The number of nitriles is 1. The largest absolute Gasteiger partial charge is 0.479 e. The summed E-state index contributed by atoms with van der Waals surface area (Å²) in [5.41, 5.74) is 4.33. The van der Waals surface area contributed by atoms with Gasteiger partial charge in [0.2, 0.25) is 0 Å². The number of allylic oxidation sites excluding steroid dienone is 2. The molecule has 5 nitrogen and oxygen atoms in total. The lowest BCUT2D eigenvalue weighted by Crippen LogP contribution is -2.30. The summed E-state index contributed by atoms with van der Waals surface area (Å²) in [5, 5.41) is 21.7. The van der Waals surface area contributed by atoms with Gasteiger partial charge >= 0.3 is 5.97 Å². The molecule has 0 saturated heterocycles. The van der Waals surface area contributed by atoms with Crippen LogP contribution in [0.5, 0.6) is 5.75 Å². The second-order valence-corrected chi connectivity index (χ2v) is 7.00. The number of ether oxygens (including phenoxy) is 1.